The van der Waals surface area contributed by atoms with Crippen LogP contribution in [-0.4, -0.2) is 29.0 Å². The van der Waals surface area contributed by atoms with Gasteiger partial charge in [-0.1, -0.05) is 37.3 Å². The van der Waals surface area contributed by atoms with Crippen molar-refractivity contribution in [1.29, 1.82) is 0 Å². The van der Waals surface area contributed by atoms with Crippen LogP contribution in [0.25, 0.3) is 0 Å². The molecule has 2 N–H and O–H groups in total. The SMILES string of the molecule is CCc1ccc(CNC(=O)C2=C(O)C3C=CC=NC3=NC2=O)cc1. The van der Waals surface area contributed by atoms with Gasteiger partial charge in [0.15, 0.2) is 0 Å². The van der Waals surface area contributed by atoms with E-state index in [1.807, 2.05) is 24.3 Å². The largest absolute Gasteiger partial charge is 0.510 e. The lowest BCUT2D eigenvalue weighted by molar-refractivity contribution is -0.122. The number of nitrogens with one attached hydrogen (secondary N) is 1. The fraction of sp³-hybridized carbons (Fsp3) is 0.222. The summed E-state index contributed by atoms with van der Waals surface area (Å²) in [6.07, 6.45) is 5.71. The van der Waals surface area contributed by atoms with Crippen molar-refractivity contribution < 1.29 is 14.7 Å². The molecule has 0 saturated heterocycles. The zero-order valence-electron chi connectivity index (χ0n) is 13.2. The van der Waals surface area contributed by atoms with Gasteiger partial charge in [-0.3, -0.25) is 9.59 Å². The normalized spacial score (nSPS) is 19.1. The molecule has 2 aliphatic rings. The minimum Gasteiger partial charge on any atom is -0.510 e. The van der Waals surface area contributed by atoms with Crippen LogP contribution in [0.4, 0.5) is 0 Å². The number of rotatable bonds is 4. The molecule has 2 heterocycles. The molecule has 1 unspecified atom stereocenters. The van der Waals surface area contributed by atoms with E-state index in [0.717, 1.165) is 12.0 Å². The van der Waals surface area contributed by atoms with Crippen molar-refractivity contribution >= 4 is 23.9 Å². The summed E-state index contributed by atoms with van der Waals surface area (Å²) in [5.74, 6) is -2.16. The summed E-state index contributed by atoms with van der Waals surface area (Å²) < 4.78 is 0. The van der Waals surface area contributed by atoms with Crippen molar-refractivity contribution in [2.75, 3.05) is 0 Å². The zero-order chi connectivity index (χ0) is 17.1. The molecule has 122 valence electrons. The molecule has 1 atom stereocenters. The molecule has 0 saturated carbocycles. The van der Waals surface area contributed by atoms with Crippen molar-refractivity contribution in [3.05, 3.63) is 58.9 Å². The molecule has 0 spiro atoms. The number of nitrogens with zero attached hydrogens (tertiary/aromatic N) is 2. The second-order valence-corrected chi connectivity index (χ2v) is 5.53. The van der Waals surface area contributed by atoms with Crippen molar-refractivity contribution in [2.45, 2.75) is 19.9 Å². The lowest BCUT2D eigenvalue weighted by atomic mass is 9.96. The summed E-state index contributed by atoms with van der Waals surface area (Å²) in [6, 6.07) is 7.83. The van der Waals surface area contributed by atoms with Crippen LogP contribution in [0.5, 0.6) is 0 Å². The van der Waals surface area contributed by atoms with Crippen LogP contribution < -0.4 is 5.32 Å². The van der Waals surface area contributed by atoms with Crippen LogP contribution in [-0.2, 0) is 22.6 Å². The molecule has 1 aromatic carbocycles. The number of fused-ring (bicyclic) bond motifs is 1. The molecular weight excluding hydrogens is 306 g/mol. The second kappa shape index (κ2) is 6.62. The Morgan fingerprint density at radius 2 is 1.96 bits per heavy atom. The Kier molecular flexibility index (Phi) is 4.37. The summed E-state index contributed by atoms with van der Waals surface area (Å²) in [5.41, 5.74) is 1.80. The Bertz CT molecular complexity index is 801. The van der Waals surface area contributed by atoms with Gasteiger partial charge in [0.2, 0.25) is 0 Å². The van der Waals surface area contributed by atoms with Gasteiger partial charge in [-0.15, -0.1) is 0 Å². The number of carbonyl (C=O) groups is 2. The minimum atomic E-state index is -0.773. The Hall–Kier alpha value is -3.02. The summed E-state index contributed by atoms with van der Waals surface area (Å²) in [7, 11) is 0. The average molecular weight is 323 g/mol. The molecule has 24 heavy (non-hydrogen) atoms. The summed E-state index contributed by atoms with van der Waals surface area (Å²) in [4.78, 5) is 32.1. The molecule has 3 rings (SSSR count). The minimum absolute atomic E-state index is 0.201. The quantitative estimate of drug-likeness (QED) is 0.829. The van der Waals surface area contributed by atoms with Gasteiger partial charge in [0, 0.05) is 12.8 Å². The number of aryl methyl sites for hydroxylation is 1. The predicted octanol–water partition coefficient (Wildman–Crippen LogP) is 1.87. The summed E-state index contributed by atoms with van der Waals surface area (Å²) in [6.45, 7) is 2.33. The van der Waals surface area contributed by atoms with E-state index < -0.39 is 17.7 Å². The molecule has 0 radical (unpaired) electrons. The van der Waals surface area contributed by atoms with Crippen LogP contribution >= 0.6 is 0 Å². The third-order valence-electron chi connectivity index (χ3n) is 3.97. The number of hydrogen-bond acceptors (Lipinski definition) is 4. The van der Waals surface area contributed by atoms with Crippen LogP contribution in [0.1, 0.15) is 18.1 Å². The van der Waals surface area contributed by atoms with Gasteiger partial charge in [0.05, 0.1) is 5.92 Å². The molecule has 2 aliphatic heterocycles. The van der Waals surface area contributed by atoms with Gasteiger partial charge in [0.25, 0.3) is 11.8 Å². The van der Waals surface area contributed by atoms with Crippen LogP contribution in [0, 0.1) is 5.92 Å². The fourth-order valence-electron chi connectivity index (χ4n) is 2.56. The van der Waals surface area contributed by atoms with E-state index in [1.54, 1.807) is 12.2 Å². The molecule has 0 aliphatic carbocycles. The van der Waals surface area contributed by atoms with Crippen molar-refractivity contribution in [3.8, 4) is 0 Å². The number of hydrogen-bond donors (Lipinski definition) is 2. The topological polar surface area (TPSA) is 91.1 Å². The fourth-order valence-corrected chi connectivity index (χ4v) is 2.56. The van der Waals surface area contributed by atoms with Gasteiger partial charge in [-0.05, 0) is 23.6 Å². The zero-order valence-corrected chi connectivity index (χ0v) is 13.2. The van der Waals surface area contributed by atoms with E-state index in [-0.39, 0.29) is 23.7 Å². The van der Waals surface area contributed by atoms with E-state index in [0.29, 0.717) is 0 Å². The summed E-state index contributed by atoms with van der Waals surface area (Å²) >= 11 is 0. The van der Waals surface area contributed by atoms with Crippen molar-refractivity contribution in [2.24, 2.45) is 15.9 Å². The molecule has 6 heteroatoms. The molecule has 0 fully saturated rings. The van der Waals surface area contributed by atoms with Crippen LogP contribution in [0.2, 0.25) is 0 Å². The highest BCUT2D eigenvalue weighted by atomic mass is 16.3. The van der Waals surface area contributed by atoms with Gasteiger partial charge in [-0.25, -0.2) is 4.99 Å². The number of benzene rings is 1. The van der Waals surface area contributed by atoms with E-state index in [9.17, 15) is 14.7 Å². The highest BCUT2D eigenvalue weighted by Gasteiger charge is 2.34. The van der Waals surface area contributed by atoms with Gasteiger partial charge < -0.3 is 10.4 Å². The number of aliphatic hydroxyl groups is 1. The van der Waals surface area contributed by atoms with Crippen molar-refractivity contribution in [1.82, 2.24) is 5.32 Å². The Balaban J connectivity index is 1.73. The Labute approximate surface area is 139 Å². The van der Waals surface area contributed by atoms with E-state index >= 15 is 0 Å². The first-order valence-corrected chi connectivity index (χ1v) is 7.73. The summed E-state index contributed by atoms with van der Waals surface area (Å²) in [5, 5.41) is 12.9. The first-order chi connectivity index (χ1) is 11.6. The number of aliphatic imine (C=N–C) groups is 2. The second-order valence-electron chi connectivity index (χ2n) is 5.53. The number of allylic oxidation sites excluding steroid dienone is 1. The highest BCUT2D eigenvalue weighted by molar-refractivity contribution is 6.24. The first-order valence-electron chi connectivity index (χ1n) is 7.73. The van der Waals surface area contributed by atoms with Gasteiger partial charge in [-0.2, -0.15) is 4.99 Å². The first kappa shape index (κ1) is 15.9. The molecule has 1 aromatic rings. The van der Waals surface area contributed by atoms with E-state index in [1.165, 1.54) is 11.8 Å². The third kappa shape index (κ3) is 3.03. The lowest BCUT2D eigenvalue weighted by Gasteiger charge is -2.20. The predicted molar refractivity (Wildman–Crippen MR) is 90.9 cm³/mol. The Morgan fingerprint density at radius 3 is 2.67 bits per heavy atom. The maximum Gasteiger partial charge on any atom is 0.287 e. The number of amidine groups is 1. The van der Waals surface area contributed by atoms with E-state index in [4.69, 9.17) is 0 Å². The lowest BCUT2D eigenvalue weighted by Crippen LogP contribution is -2.34. The smallest absolute Gasteiger partial charge is 0.287 e. The maximum atomic E-state index is 12.3. The molecular formula is C18H17N3O3. The molecule has 2 amide bonds. The highest BCUT2D eigenvalue weighted by Crippen LogP contribution is 2.25. The maximum absolute atomic E-state index is 12.3. The molecule has 6 nitrogen and oxygen atoms in total. The van der Waals surface area contributed by atoms with Gasteiger partial charge >= 0.3 is 0 Å². The Morgan fingerprint density at radius 1 is 1.25 bits per heavy atom. The number of dihydropyridines is 2. The molecule has 0 aromatic heterocycles. The number of aliphatic hydroxyl groups excluding tert-OH is 1. The van der Waals surface area contributed by atoms with Crippen LogP contribution in [0.15, 0.2) is 57.7 Å². The monoisotopic (exact) mass is 323 g/mol. The third-order valence-corrected chi connectivity index (χ3v) is 3.97. The standard InChI is InChI=1S/C18H17N3O3/c1-2-11-5-7-12(8-6-11)10-20-17(23)14-15(22)13-4-3-9-19-16(13)21-18(14)24/h3-9,13,22H,2,10H2,1H3,(H,20,23). The molecule has 0 bridgehead atoms. The van der Waals surface area contributed by atoms with Gasteiger partial charge in [0.1, 0.15) is 17.2 Å². The average Bonchev–Trinajstić information content (AvgIpc) is 2.60. The van der Waals surface area contributed by atoms with E-state index in [2.05, 4.69) is 22.2 Å². The van der Waals surface area contributed by atoms with Crippen LogP contribution in [0.3, 0.4) is 0 Å². The number of carbonyl (C=O) groups excluding carboxylic acids is 2. The van der Waals surface area contributed by atoms with Crippen molar-refractivity contribution in [3.63, 3.8) is 0 Å². The number of amides is 2.